The fourth-order valence-electron chi connectivity index (χ4n) is 3.50. The minimum atomic E-state index is 0. The van der Waals surface area contributed by atoms with Gasteiger partial charge in [0.05, 0.1) is 5.52 Å². The number of hydrogen-bond acceptors (Lipinski definition) is 1. The van der Waals surface area contributed by atoms with Crippen molar-refractivity contribution >= 4 is 23.1 Å². The van der Waals surface area contributed by atoms with Crippen molar-refractivity contribution in [2.75, 3.05) is 0 Å². The van der Waals surface area contributed by atoms with Gasteiger partial charge in [-0.15, -0.1) is 35.4 Å². The number of nitrogens with zero attached hydrogens (tertiary/aromatic N) is 1. The van der Waals surface area contributed by atoms with Crippen molar-refractivity contribution in [2.45, 2.75) is 40.0 Å². The molecule has 1 radical (unpaired) electrons. The molecule has 0 N–H and O–H groups in total. The zero-order valence-corrected chi connectivity index (χ0v) is 17.7. The molecular formula is C23H22IrN-. The number of aryl methyl sites for hydroxylation is 1. The second kappa shape index (κ2) is 6.20. The van der Waals surface area contributed by atoms with E-state index in [1.807, 2.05) is 0 Å². The number of hydrogen-bond donors (Lipinski definition) is 0. The topological polar surface area (TPSA) is 12.9 Å². The predicted molar refractivity (Wildman–Crippen MR) is 103 cm³/mol. The van der Waals surface area contributed by atoms with E-state index < -0.39 is 0 Å². The van der Waals surface area contributed by atoms with Crippen LogP contribution < -0.4 is 0 Å². The Hall–Kier alpha value is -1.76. The Kier molecular flexibility index (Phi) is 4.47. The van der Waals surface area contributed by atoms with Crippen LogP contribution in [-0.2, 0) is 25.5 Å². The Bertz CT molecular complexity index is 990. The third-order valence-electron chi connectivity index (χ3n) is 5.05. The normalized spacial score (nSPS) is 12.5. The zero-order valence-electron chi connectivity index (χ0n) is 15.3. The molecular weight excluding hydrogens is 482 g/mol. The summed E-state index contributed by atoms with van der Waals surface area (Å²) in [7, 11) is 0. The van der Waals surface area contributed by atoms with Crippen LogP contribution in [0.2, 0.25) is 0 Å². The van der Waals surface area contributed by atoms with Gasteiger partial charge in [0, 0.05) is 25.5 Å². The molecule has 0 saturated heterocycles. The monoisotopic (exact) mass is 505 g/mol. The van der Waals surface area contributed by atoms with E-state index in [0.29, 0.717) is 0 Å². The minimum absolute atomic E-state index is 0. The third-order valence-corrected chi connectivity index (χ3v) is 5.05. The number of aromatic nitrogens is 1. The third kappa shape index (κ3) is 2.88. The van der Waals surface area contributed by atoms with Gasteiger partial charge in [-0.2, -0.15) is 0 Å². The van der Waals surface area contributed by atoms with Gasteiger partial charge in [0.15, 0.2) is 0 Å². The smallest absolute Gasteiger partial charge is 0.0607 e. The van der Waals surface area contributed by atoms with Gasteiger partial charge in [-0.3, -0.25) is 4.98 Å². The molecule has 25 heavy (non-hydrogen) atoms. The second-order valence-electron chi connectivity index (χ2n) is 7.76. The maximum absolute atomic E-state index is 4.97. The van der Waals surface area contributed by atoms with E-state index in [1.54, 1.807) is 0 Å². The molecule has 129 valence electrons. The Labute approximate surface area is 163 Å². The van der Waals surface area contributed by atoms with Gasteiger partial charge in [0.2, 0.25) is 0 Å². The quantitative estimate of drug-likeness (QED) is 0.286. The van der Waals surface area contributed by atoms with Crippen LogP contribution >= 0.6 is 0 Å². The van der Waals surface area contributed by atoms with Gasteiger partial charge < -0.3 is 0 Å². The molecule has 0 aliphatic heterocycles. The van der Waals surface area contributed by atoms with Crippen LogP contribution in [0.25, 0.3) is 34.3 Å². The summed E-state index contributed by atoms with van der Waals surface area (Å²) in [6.45, 7) is 11.0. The van der Waals surface area contributed by atoms with Gasteiger partial charge in [0.25, 0.3) is 0 Å². The van der Waals surface area contributed by atoms with E-state index in [1.165, 1.54) is 33.2 Å². The van der Waals surface area contributed by atoms with E-state index in [2.05, 4.69) is 83.2 Å². The first-order chi connectivity index (χ1) is 11.4. The maximum Gasteiger partial charge on any atom is 0.0607 e. The van der Waals surface area contributed by atoms with E-state index in [9.17, 15) is 0 Å². The van der Waals surface area contributed by atoms with Crippen molar-refractivity contribution in [3.63, 3.8) is 0 Å². The number of pyridine rings is 1. The van der Waals surface area contributed by atoms with E-state index >= 15 is 0 Å². The first kappa shape index (κ1) is 18.0. The molecule has 0 unspecified atom stereocenters. The molecule has 0 spiro atoms. The maximum atomic E-state index is 4.97. The molecule has 4 rings (SSSR count). The van der Waals surface area contributed by atoms with Crippen LogP contribution in [0.1, 0.15) is 48.6 Å². The van der Waals surface area contributed by atoms with Crippen molar-refractivity contribution in [3.05, 3.63) is 64.2 Å². The van der Waals surface area contributed by atoms with Crippen LogP contribution in [-0.4, -0.2) is 4.98 Å². The van der Waals surface area contributed by atoms with Crippen LogP contribution in [0.3, 0.4) is 0 Å². The first-order valence-corrected chi connectivity index (χ1v) is 8.51. The molecule has 0 atom stereocenters. The summed E-state index contributed by atoms with van der Waals surface area (Å²) < 4.78 is 0. The van der Waals surface area contributed by atoms with E-state index in [4.69, 9.17) is 4.98 Å². The van der Waals surface area contributed by atoms with Gasteiger partial charge >= 0.3 is 0 Å². The molecule has 0 saturated carbocycles. The van der Waals surface area contributed by atoms with Crippen molar-refractivity contribution in [1.82, 2.24) is 4.98 Å². The Morgan fingerprint density at radius 2 is 1.64 bits per heavy atom. The minimum Gasteiger partial charge on any atom is -0.296 e. The van der Waals surface area contributed by atoms with Crippen molar-refractivity contribution in [1.29, 1.82) is 0 Å². The molecule has 1 aromatic heterocycles. The largest absolute Gasteiger partial charge is 0.296 e. The number of benzene rings is 2. The van der Waals surface area contributed by atoms with Gasteiger partial charge in [-0.1, -0.05) is 44.6 Å². The predicted octanol–water partition coefficient (Wildman–Crippen LogP) is 6.10. The van der Waals surface area contributed by atoms with E-state index in [-0.39, 0.29) is 25.5 Å². The van der Waals surface area contributed by atoms with Crippen molar-refractivity contribution < 1.29 is 20.1 Å². The van der Waals surface area contributed by atoms with Crippen molar-refractivity contribution in [3.8, 4) is 11.3 Å². The first-order valence-electron chi connectivity index (χ1n) is 8.51. The SMILES string of the molecule is Cc1ccc2nc(-c3[c-]cc(C(C)(C)C)cc3)c(C)c3c2c1C=C3.[Ir]. The molecule has 2 aromatic carbocycles. The zero-order chi connectivity index (χ0) is 17.1. The van der Waals surface area contributed by atoms with Gasteiger partial charge in [-0.25, -0.2) is 0 Å². The molecule has 0 amide bonds. The molecule has 1 aliphatic carbocycles. The molecule has 3 aromatic rings. The fraction of sp³-hybridized carbons (Fsp3) is 0.261. The van der Waals surface area contributed by atoms with Crippen LogP contribution in [0.15, 0.2) is 30.3 Å². The molecule has 0 bridgehead atoms. The average Bonchev–Trinajstić information content (AvgIpc) is 2.99. The van der Waals surface area contributed by atoms with Crippen LogP contribution in [0.5, 0.6) is 0 Å². The summed E-state index contributed by atoms with van der Waals surface area (Å²) in [4.78, 5) is 4.97. The Morgan fingerprint density at radius 3 is 2.28 bits per heavy atom. The average molecular weight is 505 g/mol. The number of rotatable bonds is 1. The van der Waals surface area contributed by atoms with Crippen LogP contribution in [0.4, 0.5) is 0 Å². The fourth-order valence-corrected chi connectivity index (χ4v) is 3.50. The summed E-state index contributed by atoms with van der Waals surface area (Å²) in [5.41, 5.74) is 9.80. The summed E-state index contributed by atoms with van der Waals surface area (Å²) in [5.74, 6) is 0. The Morgan fingerprint density at radius 1 is 0.920 bits per heavy atom. The molecule has 1 nitrogen and oxygen atoms in total. The molecule has 1 aliphatic rings. The summed E-state index contributed by atoms with van der Waals surface area (Å²) in [5, 5.41) is 1.29. The molecule has 1 heterocycles. The van der Waals surface area contributed by atoms with Crippen molar-refractivity contribution in [2.24, 2.45) is 0 Å². The summed E-state index contributed by atoms with van der Waals surface area (Å²) in [6.07, 6.45) is 4.45. The van der Waals surface area contributed by atoms with E-state index in [0.717, 1.165) is 16.8 Å². The van der Waals surface area contributed by atoms with Gasteiger partial charge in [-0.05, 0) is 47.7 Å². The standard InChI is InChI=1S/C23H22N.Ir/c1-14-6-13-20-21-18(14)11-12-19(21)15(2)22(24-20)16-7-9-17(10-8-16)23(3,4)5;/h6-7,9-13H,1-5H3;/q-1;. The van der Waals surface area contributed by atoms with Gasteiger partial charge in [0.1, 0.15) is 0 Å². The second-order valence-corrected chi connectivity index (χ2v) is 7.76. The summed E-state index contributed by atoms with van der Waals surface area (Å²) in [6, 6.07) is 14.2. The molecule has 2 heteroatoms. The Balaban J connectivity index is 0.00000182. The van der Waals surface area contributed by atoms with Crippen LogP contribution in [0, 0.1) is 19.9 Å². The summed E-state index contributed by atoms with van der Waals surface area (Å²) >= 11 is 0. The molecule has 0 fully saturated rings.